The summed E-state index contributed by atoms with van der Waals surface area (Å²) in [5.74, 6) is 0. The third-order valence-electron chi connectivity index (χ3n) is 10.6. The van der Waals surface area contributed by atoms with Crippen molar-refractivity contribution in [2.24, 2.45) is 0 Å². The Morgan fingerprint density at radius 2 is 0.333 bits per heavy atom. The summed E-state index contributed by atoms with van der Waals surface area (Å²) in [5.41, 5.74) is 0. The van der Waals surface area contributed by atoms with Crippen LogP contribution in [0.15, 0.2) is 121 Å². The van der Waals surface area contributed by atoms with Gasteiger partial charge in [-0.05, 0) is 118 Å². The molecule has 0 aliphatic carbocycles. The molecule has 0 saturated carbocycles. The van der Waals surface area contributed by atoms with Crippen LogP contribution in [0.25, 0.3) is 118 Å². The highest BCUT2D eigenvalue weighted by Gasteiger charge is 2.28. The van der Waals surface area contributed by atoms with E-state index in [4.69, 9.17) is 0 Å². The van der Waals surface area contributed by atoms with Crippen molar-refractivity contribution in [3.8, 4) is 0 Å². The number of benzene rings is 12. The number of fused-ring (bicyclic) bond motifs is 10. The van der Waals surface area contributed by atoms with E-state index in [2.05, 4.69) is 121 Å². The van der Waals surface area contributed by atoms with E-state index in [9.17, 15) is 0 Å². The van der Waals surface area contributed by atoms with Crippen molar-refractivity contribution in [1.29, 1.82) is 0 Å². The fraction of sp³-hybridized carbons (Fsp3) is 0. The van der Waals surface area contributed by atoms with Crippen molar-refractivity contribution in [2.75, 3.05) is 0 Å². The highest BCUT2D eigenvalue weighted by Crippen LogP contribution is 2.57. The van der Waals surface area contributed by atoms with Crippen LogP contribution in [0.2, 0.25) is 0 Å². The predicted octanol–water partition coefficient (Wildman–Crippen LogP) is 12.1. The van der Waals surface area contributed by atoms with Crippen LogP contribution in [0, 0.1) is 0 Å². The molecule has 0 atom stereocenters. The monoisotopic (exact) mass is 524 g/mol. The van der Waals surface area contributed by atoms with Crippen molar-refractivity contribution >= 4 is 118 Å². The minimum Gasteiger partial charge on any atom is -0.0616 e. The van der Waals surface area contributed by atoms with E-state index in [1.807, 2.05) is 0 Å². The summed E-state index contributed by atoms with van der Waals surface area (Å²) in [6, 6.07) is 46.1. The molecule has 0 nitrogen and oxygen atoms in total. The molecule has 12 aromatic carbocycles. The highest BCUT2D eigenvalue weighted by atomic mass is 14.3. The Morgan fingerprint density at radius 3 is 0.667 bits per heavy atom. The Kier molecular flexibility index (Phi) is 3.18. The van der Waals surface area contributed by atoms with Crippen LogP contribution in [0.3, 0.4) is 0 Å². The second-order valence-electron chi connectivity index (χ2n) is 12.3. The van der Waals surface area contributed by atoms with Gasteiger partial charge in [0, 0.05) is 0 Å². The van der Waals surface area contributed by atoms with Gasteiger partial charge in [-0.1, -0.05) is 121 Å². The summed E-state index contributed by atoms with van der Waals surface area (Å²) < 4.78 is 0. The zero-order valence-electron chi connectivity index (χ0n) is 22.5. The Balaban J connectivity index is 1.65. The molecule has 0 heteroatoms. The lowest BCUT2D eigenvalue weighted by molar-refractivity contribution is 1.80. The zero-order chi connectivity index (χ0) is 26.8. The van der Waals surface area contributed by atoms with Gasteiger partial charge in [0.25, 0.3) is 0 Å². The van der Waals surface area contributed by atoms with E-state index in [0.29, 0.717) is 0 Å². The Morgan fingerprint density at radius 1 is 0.143 bits per heavy atom. The van der Waals surface area contributed by atoms with Crippen LogP contribution in [0.1, 0.15) is 0 Å². The van der Waals surface area contributed by atoms with E-state index >= 15 is 0 Å². The molecular formula is C42H20. The third kappa shape index (κ3) is 1.97. The summed E-state index contributed by atoms with van der Waals surface area (Å²) in [4.78, 5) is 0. The fourth-order valence-electron chi connectivity index (χ4n) is 9.25. The summed E-state index contributed by atoms with van der Waals surface area (Å²) >= 11 is 0. The quantitative estimate of drug-likeness (QED) is 0.137. The van der Waals surface area contributed by atoms with E-state index in [1.54, 1.807) is 0 Å². The van der Waals surface area contributed by atoms with Gasteiger partial charge in [0.2, 0.25) is 0 Å². The zero-order valence-corrected chi connectivity index (χ0v) is 22.5. The summed E-state index contributed by atoms with van der Waals surface area (Å²) in [7, 11) is 0. The molecule has 188 valence electrons. The van der Waals surface area contributed by atoms with Gasteiger partial charge in [0.15, 0.2) is 0 Å². The average Bonchev–Trinajstić information content (AvgIpc) is 3.06. The van der Waals surface area contributed by atoms with Crippen molar-refractivity contribution in [1.82, 2.24) is 0 Å². The van der Waals surface area contributed by atoms with Crippen LogP contribution in [-0.2, 0) is 0 Å². The predicted molar refractivity (Wildman–Crippen MR) is 184 cm³/mol. The second-order valence-corrected chi connectivity index (χ2v) is 12.3. The molecule has 0 amide bonds. The number of hydrogen-bond acceptors (Lipinski definition) is 0. The van der Waals surface area contributed by atoms with Crippen molar-refractivity contribution in [3.63, 3.8) is 0 Å². The molecule has 0 aliphatic heterocycles. The van der Waals surface area contributed by atoms with Gasteiger partial charge in [-0.3, -0.25) is 0 Å². The van der Waals surface area contributed by atoms with Crippen molar-refractivity contribution in [3.05, 3.63) is 121 Å². The smallest absolute Gasteiger partial charge is 0.0000480 e. The minimum absolute atomic E-state index is 1.34. The van der Waals surface area contributed by atoms with E-state index < -0.39 is 0 Å². The molecule has 12 aromatic rings. The number of rotatable bonds is 0. The SMILES string of the molecule is c1ccc2c(c1)c1cccc3c4cccc5c6c7ccccc7c7cccc8c9cccc%10c2c(c13)c(c45)c(c9%10)c6c78. The van der Waals surface area contributed by atoms with Gasteiger partial charge in [-0.2, -0.15) is 0 Å². The van der Waals surface area contributed by atoms with E-state index in [0.717, 1.165) is 0 Å². The first kappa shape index (κ1) is 20.4. The van der Waals surface area contributed by atoms with Gasteiger partial charge in [-0.15, -0.1) is 0 Å². The molecule has 0 spiro atoms. The molecule has 0 bridgehead atoms. The minimum atomic E-state index is 1.34. The topological polar surface area (TPSA) is 0 Å². The molecule has 12 rings (SSSR count). The summed E-state index contributed by atoms with van der Waals surface area (Å²) in [6.07, 6.45) is 0. The highest BCUT2D eigenvalue weighted by molar-refractivity contribution is 6.58. The lowest BCUT2D eigenvalue weighted by Crippen LogP contribution is -1.98. The standard InChI is InChI=1S/C42H20/c1-3-11-23-21(9-1)25-13-5-15-27-29-17-8-20-32-36-24-12-4-2-10-22(24)26-14-6-16-28-30-18-7-19-31-35(23)39(33(25)27)41(38(29)32)42(37(30)31)40(36)34(26)28/h1-20H. The molecule has 0 radical (unpaired) electrons. The Bertz CT molecular complexity index is 2890. The molecule has 0 heterocycles. The Hall–Kier alpha value is -5.46. The molecule has 0 fully saturated rings. The maximum Gasteiger partial charge on any atom is -0.0000480 e. The van der Waals surface area contributed by atoms with E-state index in [-0.39, 0.29) is 0 Å². The maximum absolute atomic E-state index is 2.39. The lowest BCUT2D eigenvalue weighted by Gasteiger charge is -2.27. The van der Waals surface area contributed by atoms with Gasteiger partial charge in [-0.25, -0.2) is 0 Å². The van der Waals surface area contributed by atoms with Crippen LogP contribution in [0.4, 0.5) is 0 Å². The van der Waals surface area contributed by atoms with Gasteiger partial charge in [0.05, 0.1) is 0 Å². The largest absolute Gasteiger partial charge is 0.0616 e. The first-order valence-electron chi connectivity index (χ1n) is 14.9. The second kappa shape index (κ2) is 6.54. The fourth-order valence-corrected chi connectivity index (χ4v) is 9.25. The average molecular weight is 525 g/mol. The molecule has 42 heavy (non-hydrogen) atoms. The van der Waals surface area contributed by atoms with Gasteiger partial charge < -0.3 is 0 Å². The van der Waals surface area contributed by atoms with Crippen LogP contribution < -0.4 is 0 Å². The van der Waals surface area contributed by atoms with Crippen molar-refractivity contribution in [2.45, 2.75) is 0 Å². The molecule has 0 aromatic heterocycles. The summed E-state index contributed by atoms with van der Waals surface area (Å²) in [5, 5.41) is 30.5. The van der Waals surface area contributed by atoms with Crippen LogP contribution in [-0.4, -0.2) is 0 Å². The molecule has 0 aliphatic rings. The summed E-state index contributed by atoms with van der Waals surface area (Å²) in [6.45, 7) is 0. The van der Waals surface area contributed by atoms with Crippen LogP contribution >= 0.6 is 0 Å². The third-order valence-corrected chi connectivity index (χ3v) is 10.6. The number of hydrogen-bond donors (Lipinski definition) is 0. The lowest BCUT2D eigenvalue weighted by atomic mass is 9.75. The normalized spacial score (nSPS) is 13.2. The molecule has 0 saturated heterocycles. The Labute approximate surface area is 239 Å². The molecular weight excluding hydrogens is 504 g/mol. The van der Waals surface area contributed by atoms with Crippen molar-refractivity contribution < 1.29 is 0 Å². The van der Waals surface area contributed by atoms with E-state index in [1.165, 1.54) is 118 Å². The molecule has 0 unspecified atom stereocenters. The maximum atomic E-state index is 2.39. The first-order valence-corrected chi connectivity index (χ1v) is 14.9. The van der Waals surface area contributed by atoms with Crippen LogP contribution in [0.5, 0.6) is 0 Å². The van der Waals surface area contributed by atoms with Gasteiger partial charge in [0.1, 0.15) is 0 Å². The first-order chi connectivity index (χ1) is 20.9. The van der Waals surface area contributed by atoms with Gasteiger partial charge >= 0.3 is 0 Å². The molecule has 0 N–H and O–H groups in total.